The van der Waals surface area contributed by atoms with Crippen LogP contribution in [0, 0.1) is 11.7 Å². The molecule has 1 amide bonds. The van der Waals surface area contributed by atoms with E-state index < -0.39 is 0 Å². The first-order chi connectivity index (χ1) is 12.6. The van der Waals surface area contributed by atoms with E-state index in [0.29, 0.717) is 23.7 Å². The van der Waals surface area contributed by atoms with Crippen LogP contribution in [0.15, 0.2) is 42.9 Å². The lowest BCUT2D eigenvalue weighted by Gasteiger charge is -2.13. The number of benzene rings is 1. The second-order valence-electron chi connectivity index (χ2n) is 6.14. The maximum atomic E-state index is 13.7. The Morgan fingerprint density at radius 2 is 2.15 bits per heavy atom. The maximum Gasteiger partial charge on any atom is 0.230 e. The van der Waals surface area contributed by atoms with E-state index in [-0.39, 0.29) is 17.6 Å². The molecule has 0 saturated heterocycles. The number of thiazole rings is 1. The van der Waals surface area contributed by atoms with E-state index in [0.717, 1.165) is 17.1 Å². The van der Waals surface area contributed by atoms with E-state index in [2.05, 4.69) is 15.3 Å². The summed E-state index contributed by atoms with van der Waals surface area (Å²) >= 11 is 1.37. The first-order valence-electron chi connectivity index (χ1n) is 8.55. The Balaban J connectivity index is 1.59. The number of nitrogens with one attached hydrogen (secondary N) is 1. The molecule has 0 aliphatic heterocycles. The van der Waals surface area contributed by atoms with E-state index in [1.807, 2.05) is 30.7 Å². The summed E-state index contributed by atoms with van der Waals surface area (Å²) in [6, 6.07) is 6.68. The summed E-state index contributed by atoms with van der Waals surface area (Å²) in [5.41, 5.74) is 0.620. The normalized spacial score (nSPS) is 12.1. The molecule has 0 spiro atoms. The molecule has 0 fully saturated rings. The molecule has 2 aromatic heterocycles. The predicted molar refractivity (Wildman–Crippen MR) is 101 cm³/mol. The zero-order valence-electron chi connectivity index (χ0n) is 14.8. The van der Waals surface area contributed by atoms with Crippen molar-refractivity contribution < 1.29 is 9.18 Å². The number of anilines is 1. The van der Waals surface area contributed by atoms with Gasteiger partial charge in [-0.2, -0.15) is 0 Å². The average molecular weight is 372 g/mol. The minimum Gasteiger partial charge on any atom is -0.334 e. The van der Waals surface area contributed by atoms with Crippen LogP contribution in [-0.2, 0) is 24.2 Å². The van der Waals surface area contributed by atoms with Crippen LogP contribution in [0.4, 0.5) is 9.52 Å². The molecular formula is C19H21FN4OS. The van der Waals surface area contributed by atoms with Crippen LogP contribution >= 0.6 is 11.3 Å². The van der Waals surface area contributed by atoms with Gasteiger partial charge < -0.3 is 9.88 Å². The van der Waals surface area contributed by atoms with Crippen molar-refractivity contribution in [3.8, 4) is 0 Å². The third-order valence-electron chi connectivity index (χ3n) is 4.14. The van der Waals surface area contributed by atoms with Crippen molar-refractivity contribution in [2.45, 2.75) is 33.2 Å². The molecule has 26 heavy (non-hydrogen) atoms. The number of carbonyl (C=O) groups is 1. The molecule has 1 aromatic carbocycles. The van der Waals surface area contributed by atoms with Crippen LogP contribution in [0.25, 0.3) is 0 Å². The van der Waals surface area contributed by atoms with Crippen LogP contribution in [0.1, 0.15) is 30.1 Å². The molecular weight excluding hydrogens is 351 g/mol. The number of nitrogens with zero attached hydrogens (tertiary/aromatic N) is 3. The van der Waals surface area contributed by atoms with Crippen molar-refractivity contribution in [3.63, 3.8) is 0 Å². The molecule has 136 valence electrons. The zero-order valence-corrected chi connectivity index (χ0v) is 15.6. The quantitative estimate of drug-likeness (QED) is 0.684. The molecule has 0 aliphatic rings. The summed E-state index contributed by atoms with van der Waals surface area (Å²) in [7, 11) is 0. The fraction of sp³-hybridized carbons (Fsp3) is 0.316. The van der Waals surface area contributed by atoms with Gasteiger partial charge in [-0.25, -0.2) is 14.4 Å². The third-order valence-corrected chi connectivity index (χ3v) is 5.06. The highest BCUT2D eigenvalue weighted by Crippen LogP contribution is 2.23. The molecule has 3 rings (SSSR count). The van der Waals surface area contributed by atoms with Gasteiger partial charge in [0.2, 0.25) is 5.91 Å². The number of rotatable bonds is 7. The number of aryl methyl sites for hydroxylation is 1. The van der Waals surface area contributed by atoms with Crippen LogP contribution < -0.4 is 5.32 Å². The Morgan fingerprint density at radius 1 is 1.35 bits per heavy atom. The Labute approximate surface area is 155 Å². The van der Waals surface area contributed by atoms with E-state index in [1.54, 1.807) is 24.5 Å². The van der Waals surface area contributed by atoms with Gasteiger partial charge in [-0.05, 0) is 11.6 Å². The minimum atomic E-state index is -0.229. The molecule has 0 aliphatic carbocycles. The van der Waals surface area contributed by atoms with Crippen molar-refractivity contribution >= 4 is 22.4 Å². The van der Waals surface area contributed by atoms with Gasteiger partial charge in [0, 0.05) is 42.9 Å². The molecule has 1 atom stereocenters. The van der Waals surface area contributed by atoms with Gasteiger partial charge >= 0.3 is 0 Å². The van der Waals surface area contributed by atoms with Gasteiger partial charge in [-0.3, -0.25) is 4.79 Å². The van der Waals surface area contributed by atoms with Crippen molar-refractivity contribution in [2.24, 2.45) is 5.92 Å². The number of amides is 1. The van der Waals surface area contributed by atoms with Gasteiger partial charge in [0.15, 0.2) is 5.13 Å². The summed E-state index contributed by atoms with van der Waals surface area (Å²) in [5, 5.41) is 3.39. The Bertz CT molecular complexity index is 889. The van der Waals surface area contributed by atoms with Crippen molar-refractivity contribution in [1.29, 1.82) is 0 Å². The first-order valence-corrected chi connectivity index (χ1v) is 9.37. The molecule has 1 N–H and O–H groups in total. The third kappa shape index (κ3) is 4.35. The molecule has 5 nitrogen and oxygen atoms in total. The number of hydrogen-bond acceptors (Lipinski definition) is 4. The maximum absolute atomic E-state index is 13.7. The number of aromatic nitrogens is 3. The minimum absolute atomic E-state index is 0.0902. The number of carbonyl (C=O) groups excluding carboxylic acids is 1. The fourth-order valence-corrected chi connectivity index (χ4v) is 3.54. The lowest BCUT2D eigenvalue weighted by Crippen LogP contribution is -2.24. The molecule has 0 unspecified atom stereocenters. The number of imidazole rings is 1. The Hall–Kier alpha value is -2.54. The lowest BCUT2D eigenvalue weighted by molar-refractivity contribution is -0.119. The highest BCUT2D eigenvalue weighted by molar-refractivity contribution is 7.15. The second-order valence-corrected chi connectivity index (χ2v) is 7.25. The monoisotopic (exact) mass is 372 g/mol. The molecule has 2 heterocycles. The van der Waals surface area contributed by atoms with Gasteiger partial charge in [0.1, 0.15) is 11.6 Å². The SMILES string of the molecule is CCc1nccn1C[C@H](C)C(=O)Nc1ncc(Cc2ccccc2F)s1. The molecule has 0 bridgehead atoms. The van der Waals surface area contributed by atoms with Crippen LogP contribution in [0.2, 0.25) is 0 Å². The van der Waals surface area contributed by atoms with Crippen molar-refractivity contribution in [3.05, 3.63) is 64.9 Å². The summed E-state index contributed by atoms with van der Waals surface area (Å²) in [6.07, 6.45) is 6.61. The fourth-order valence-electron chi connectivity index (χ4n) is 2.70. The Morgan fingerprint density at radius 3 is 2.92 bits per heavy atom. The predicted octanol–water partition coefficient (Wildman–Crippen LogP) is 3.91. The van der Waals surface area contributed by atoms with Gasteiger partial charge in [0.25, 0.3) is 0 Å². The molecule has 0 saturated carbocycles. The molecule has 0 radical (unpaired) electrons. The highest BCUT2D eigenvalue weighted by Gasteiger charge is 2.17. The zero-order chi connectivity index (χ0) is 18.5. The van der Waals surface area contributed by atoms with Gasteiger partial charge in [-0.15, -0.1) is 11.3 Å². The van der Waals surface area contributed by atoms with Crippen LogP contribution in [0.5, 0.6) is 0 Å². The van der Waals surface area contributed by atoms with E-state index >= 15 is 0 Å². The van der Waals surface area contributed by atoms with E-state index in [1.165, 1.54) is 17.4 Å². The van der Waals surface area contributed by atoms with Crippen LogP contribution in [0.3, 0.4) is 0 Å². The summed E-state index contributed by atoms with van der Waals surface area (Å²) in [6.45, 7) is 4.49. The van der Waals surface area contributed by atoms with Crippen LogP contribution in [-0.4, -0.2) is 20.4 Å². The van der Waals surface area contributed by atoms with Gasteiger partial charge in [-0.1, -0.05) is 32.0 Å². The smallest absolute Gasteiger partial charge is 0.230 e. The summed E-state index contributed by atoms with van der Waals surface area (Å²) < 4.78 is 15.7. The summed E-state index contributed by atoms with van der Waals surface area (Å²) in [4.78, 5) is 21.8. The Kier molecular flexibility index (Phi) is 5.78. The molecule has 3 aromatic rings. The largest absolute Gasteiger partial charge is 0.334 e. The van der Waals surface area contributed by atoms with E-state index in [4.69, 9.17) is 0 Å². The lowest BCUT2D eigenvalue weighted by atomic mass is 10.1. The van der Waals surface area contributed by atoms with E-state index in [9.17, 15) is 9.18 Å². The standard InChI is InChI=1S/C19H21FN4OS/c1-3-17-21-8-9-24(17)12-13(2)18(25)23-19-22-11-15(26-19)10-14-6-4-5-7-16(14)20/h4-9,11,13H,3,10,12H2,1-2H3,(H,22,23,25)/t13-/m0/s1. The highest BCUT2D eigenvalue weighted by atomic mass is 32.1. The second kappa shape index (κ2) is 8.23. The number of halogens is 1. The first kappa shape index (κ1) is 18.3. The summed E-state index contributed by atoms with van der Waals surface area (Å²) in [5.74, 6) is 0.430. The molecule has 7 heteroatoms. The van der Waals surface area contributed by atoms with Crippen molar-refractivity contribution in [1.82, 2.24) is 14.5 Å². The van der Waals surface area contributed by atoms with Gasteiger partial charge in [0.05, 0.1) is 5.92 Å². The van der Waals surface area contributed by atoms with Crippen molar-refractivity contribution in [2.75, 3.05) is 5.32 Å². The average Bonchev–Trinajstić information content (AvgIpc) is 3.26. The topological polar surface area (TPSA) is 59.8 Å². The number of hydrogen-bond donors (Lipinski definition) is 1.